The molecule has 2 heterocycles. The van der Waals surface area contributed by atoms with E-state index in [0.29, 0.717) is 25.7 Å². The molecule has 12 nitrogen and oxygen atoms in total. The zero-order valence-corrected chi connectivity index (χ0v) is 21.2. The van der Waals surface area contributed by atoms with Gasteiger partial charge in [-0.1, -0.05) is 7.43 Å². The highest BCUT2D eigenvalue weighted by molar-refractivity contribution is 5.92. The van der Waals surface area contributed by atoms with E-state index in [-0.39, 0.29) is 38.6 Å². The molecular formula is C25H38N2O10. The van der Waals surface area contributed by atoms with Crippen LogP contribution in [-0.4, -0.2) is 73.2 Å². The van der Waals surface area contributed by atoms with Crippen LogP contribution in [0.25, 0.3) is 0 Å². The first-order valence-corrected chi connectivity index (χ1v) is 11.4. The number of carbonyl (C=O) groups excluding carboxylic acids is 6. The van der Waals surface area contributed by atoms with Crippen molar-refractivity contribution in [2.45, 2.75) is 78.0 Å². The first-order chi connectivity index (χ1) is 16.8. The number of ether oxygens (including phenoxy) is 4. The van der Waals surface area contributed by atoms with Crippen molar-refractivity contribution >= 4 is 35.7 Å². The Morgan fingerprint density at radius 1 is 0.784 bits per heavy atom. The van der Waals surface area contributed by atoms with Gasteiger partial charge in [0.15, 0.2) is 0 Å². The summed E-state index contributed by atoms with van der Waals surface area (Å²) in [6, 6.07) is 0. The van der Waals surface area contributed by atoms with Gasteiger partial charge < -0.3 is 29.6 Å². The van der Waals surface area contributed by atoms with Crippen LogP contribution in [0.2, 0.25) is 0 Å². The maximum absolute atomic E-state index is 11.4. The molecule has 0 spiro atoms. The number of rotatable bonds is 9. The van der Waals surface area contributed by atoms with Gasteiger partial charge in [-0.25, -0.2) is 19.2 Å². The Morgan fingerprint density at radius 2 is 1.16 bits per heavy atom. The number of hydrogen-bond acceptors (Lipinski definition) is 10. The molecule has 2 N–H and O–H groups in total. The second-order valence-corrected chi connectivity index (χ2v) is 9.11. The van der Waals surface area contributed by atoms with Crippen molar-refractivity contribution in [1.82, 2.24) is 10.6 Å². The SMILES string of the molecule is C.CC(C)OC(=O)/C=C/C(=O)OCC1(C)CCC(=O)N1.COC(=O)/C=C/C(=O)OCC1(C)CCC(=O)N1. The Labute approximate surface area is 217 Å². The van der Waals surface area contributed by atoms with Gasteiger partial charge in [-0.3, -0.25) is 9.59 Å². The molecule has 2 rings (SSSR count). The third kappa shape index (κ3) is 13.8. The monoisotopic (exact) mass is 526 g/mol. The molecule has 2 amide bonds. The summed E-state index contributed by atoms with van der Waals surface area (Å²) in [7, 11) is 1.22. The van der Waals surface area contributed by atoms with E-state index >= 15 is 0 Å². The molecule has 0 aromatic rings. The van der Waals surface area contributed by atoms with Crippen LogP contribution in [0.3, 0.4) is 0 Å². The molecule has 0 radical (unpaired) electrons. The van der Waals surface area contributed by atoms with Crippen LogP contribution in [0.15, 0.2) is 24.3 Å². The van der Waals surface area contributed by atoms with Crippen LogP contribution in [0, 0.1) is 0 Å². The molecule has 208 valence electrons. The lowest BCUT2D eigenvalue weighted by molar-refractivity contribution is -0.143. The molecule has 37 heavy (non-hydrogen) atoms. The number of methoxy groups -OCH3 is 1. The molecule has 2 saturated heterocycles. The summed E-state index contributed by atoms with van der Waals surface area (Å²) in [6.45, 7) is 7.21. The van der Waals surface area contributed by atoms with Crippen LogP contribution in [0.4, 0.5) is 0 Å². The summed E-state index contributed by atoms with van der Waals surface area (Å²) in [5.41, 5.74) is -1.02. The summed E-state index contributed by atoms with van der Waals surface area (Å²) in [5.74, 6) is -2.58. The number of hydrogen-bond donors (Lipinski definition) is 2. The maximum Gasteiger partial charge on any atom is 0.331 e. The molecule has 0 saturated carbocycles. The summed E-state index contributed by atoms with van der Waals surface area (Å²) in [6.07, 6.45) is 5.90. The van der Waals surface area contributed by atoms with Crippen molar-refractivity contribution in [2.24, 2.45) is 0 Å². The number of amides is 2. The van der Waals surface area contributed by atoms with Gasteiger partial charge in [0.2, 0.25) is 11.8 Å². The first-order valence-electron chi connectivity index (χ1n) is 11.4. The quantitative estimate of drug-likeness (QED) is 0.254. The second kappa shape index (κ2) is 15.4. The average molecular weight is 527 g/mol. The van der Waals surface area contributed by atoms with E-state index in [1.54, 1.807) is 20.8 Å². The van der Waals surface area contributed by atoms with Gasteiger partial charge in [0, 0.05) is 37.1 Å². The Hall–Kier alpha value is -3.70. The summed E-state index contributed by atoms with van der Waals surface area (Å²) < 4.78 is 19.1. The van der Waals surface area contributed by atoms with E-state index in [0.717, 1.165) is 24.3 Å². The smallest absolute Gasteiger partial charge is 0.331 e. The fraction of sp³-hybridized carbons (Fsp3) is 0.600. The molecule has 2 unspecified atom stereocenters. The minimum Gasteiger partial charge on any atom is -0.466 e. The second-order valence-electron chi connectivity index (χ2n) is 9.11. The number of nitrogens with one attached hydrogen (secondary N) is 2. The Bertz CT molecular complexity index is 911. The molecule has 0 aromatic heterocycles. The van der Waals surface area contributed by atoms with Crippen molar-refractivity contribution < 1.29 is 47.7 Å². The summed E-state index contributed by atoms with van der Waals surface area (Å²) in [5, 5.41) is 5.47. The van der Waals surface area contributed by atoms with Gasteiger partial charge in [-0.05, 0) is 40.5 Å². The predicted molar refractivity (Wildman–Crippen MR) is 132 cm³/mol. The number of esters is 4. The Balaban J connectivity index is 0.000000686. The van der Waals surface area contributed by atoms with Gasteiger partial charge >= 0.3 is 23.9 Å². The lowest BCUT2D eigenvalue weighted by atomic mass is 10.0. The van der Waals surface area contributed by atoms with Crippen molar-refractivity contribution in [1.29, 1.82) is 0 Å². The van der Waals surface area contributed by atoms with Crippen LogP contribution < -0.4 is 10.6 Å². The largest absolute Gasteiger partial charge is 0.466 e. The first kappa shape index (κ1) is 33.3. The molecule has 2 fully saturated rings. The Morgan fingerprint density at radius 3 is 1.49 bits per heavy atom. The van der Waals surface area contributed by atoms with Gasteiger partial charge in [-0.15, -0.1) is 0 Å². The van der Waals surface area contributed by atoms with E-state index in [1.165, 1.54) is 7.11 Å². The predicted octanol–water partition coefficient (Wildman–Crippen LogP) is 1.27. The van der Waals surface area contributed by atoms with Gasteiger partial charge in [0.05, 0.1) is 24.3 Å². The van der Waals surface area contributed by atoms with Crippen LogP contribution in [0.1, 0.15) is 60.8 Å². The van der Waals surface area contributed by atoms with Gasteiger partial charge in [0.1, 0.15) is 13.2 Å². The van der Waals surface area contributed by atoms with E-state index in [1.807, 2.05) is 6.92 Å². The molecular weight excluding hydrogens is 488 g/mol. The van der Waals surface area contributed by atoms with Crippen molar-refractivity contribution in [3.05, 3.63) is 24.3 Å². The standard InChI is InChI=1S/C13H19NO5.C11H15NO5.CH4/c1-9(2)19-12(17)5-4-11(16)18-8-13(3)7-6-10(15)14-13;1-11(6-5-8(13)12-11)7-17-10(15)4-3-9(14)16-2;/h4-5,9H,6-8H2,1-3H3,(H,14,15);3-4H,5-7H2,1-2H3,(H,12,13);1H4/b5-4+;4-3+;. The van der Waals surface area contributed by atoms with Gasteiger partial charge in [0.25, 0.3) is 0 Å². The highest BCUT2D eigenvalue weighted by atomic mass is 16.5. The van der Waals surface area contributed by atoms with E-state index < -0.39 is 35.0 Å². The van der Waals surface area contributed by atoms with E-state index in [9.17, 15) is 28.8 Å². The van der Waals surface area contributed by atoms with Crippen LogP contribution in [-0.2, 0) is 47.7 Å². The highest BCUT2D eigenvalue weighted by Gasteiger charge is 2.35. The summed E-state index contributed by atoms with van der Waals surface area (Å²) >= 11 is 0. The fourth-order valence-electron chi connectivity index (χ4n) is 3.09. The van der Waals surface area contributed by atoms with E-state index in [2.05, 4.69) is 15.4 Å². The van der Waals surface area contributed by atoms with E-state index in [4.69, 9.17) is 14.2 Å². The van der Waals surface area contributed by atoms with Crippen molar-refractivity contribution in [3.8, 4) is 0 Å². The topological polar surface area (TPSA) is 163 Å². The van der Waals surface area contributed by atoms with Crippen LogP contribution in [0.5, 0.6) is 0 Å². The Kier molecular flexibility index (Phi) is 13.9. The maximum atomic E-state index is 11.4. The minimum atomic E-state index is -0.641. The fourth-order valence-corrected chi connectivity index (χ4v) is 3.09. The average Bonchev–Trinajstić information content (AvgIpc) is 3.34. The third-order valence-electron chi connectivity index (χ3n) is 5.02. The van der Waals surface area contributed by atoms with Crippen molar-refractivity contribution in [2.75, 3.05) is 20.3 Å². The third-order valence-corrected chi connectivity index (χ3v) is 5.02. The van der Waals surface area contributed by atoms with Gasteiger partial charge in [-0.2, -0.15) is 0 Å². The lowest BCUT2D eigenvalue weighted by Gasteiger charge is -2.22. The molecule has 0 aromatic carbocycles. The minimum absolute atomic E-state index is 0. The zero-order chi connectivity index (χ0) is 27.4. The molecule has 2 aliphatic rings. The molecule has 0 aliphatic carbocycles. The zero-order valence-electron chi connectivity index (χ0n) is 21.2. The highest BCUT2D eigenvalue weighted by Crippen LogP contribution is 2.20. The lowest BCUT2D eigenvalue weighted by Crippen LogP contribution is -2.43. The van der Waals surface area contributed by atoms with Crippen LogP contribution >= 0.6 is 0 Å². The normalized spacial score (nSPS) is 22.4. The summed E-state index contributed by atoms with van der Waals surface area (Å²) in [4.78, 5) is 66.6. The molecule has 12 heteroatoms. The van der Waals surface area contributed by atoms with Crippen molar-refractivity contribution in [3.63, 3.8) is 0 Å². The number of carbonyl (C=O) groups is 6. The molecule has 0 bridgehead atoms. The molecule has 2 atom stereocenters. The molecule has 2 aliphatic heterocycles.